The summed E-state index contributed by atoms with van der Waals surface area (Å²) in [7, 11) is 0. The Labute approximate surface area is 118 Å². The van der Waals surface area contributed by atoms with Gasteiger partial charge in [0.1, 0.15) is 0 Å². The van der Waals surface area contributed by atoms with Crippen LogP contribution in [0.2, 0.25) is 0 Å². The number of amides is 1. The van der Waals surface area contributed by atoms with E-state index in [2.05, 4.69) is 15.5 Å². The molecule has 1 amide bonds. The second kappa shape index (κ2) is 6.83. The number of nitrogens with one attached hydrogen (secondary N) is 1. The molecule has 1 aromatic rings. The van der Waals surface area contributed by atoms with Crippen molar-refractivity contribution in [1.29, 1.82) is 0 Å². The van der Waals surface area contributed by atoms with E-state index in [1.807, 2.05) is 13.8 Å². The van der Waals surface area contributed by atoms with E-state index in [0.717, 1.165) is 25.1 Å². The van der Waals surface area contributed by atoms with E-state index in [0.29, 0.717) is 31.2 Å². The fourth-order valence-electron chi connectivity index (χ4n) is 1.88. The van der Waals surface area contributed by atoms with Crippen molar-refractivity contribution in [3.8, 4) is 0 Å². The van der Waals surface area contributed by atoms with Crippen LogP contribution in [0.5, 0.6) is 0 Å². The van der Waals surface area contributed by atoms with Gasteiger partial charge >= 0.3 is 0 Å². The molecule has 1 aliphatic rings. The summed E-state index contributed by atoms with van der Waals surface area (Å²) in [5, 5.41) is 16.4. The molecule has 0 aromatic carbocycles. The molecule has 6 nitrogen and oxygen atoms in total. The molecule has 1 aromatic heterocycles. The molecule has 2 rings (SSSR count). The van der Waals surface area contributed by atoms with Crippen LogP contribution in [0, 0.1) is 5.92 Å². The molecule has 0 bridgehead atoms. The Bertz CT molecular complexity index is 443. The largest absolute Gasteiger partial charge is 0.391 e. The number of carbonyl (C=O) groups excluding carboxylic acids is 1. The van der Waals surface area contributed by atoms with Gasteiger partial charge in [0.25, 0.3) is 0 Å². The minimum absolute atomic E-state index is 0.0986. The number of hydrogen-bond donors (Lipinski definition) is 2. The van der Waals surface area contributed by atoms with Crippen LogP contribution in [0.15, 0.2) is 4.52 Å². The van der Waals surface area contributed by atoms with Gasteiger partial charge in [-0.1, -0.05) is 25.4 Å². The molecule has 2 unspecified atom stereocenters. The topological polar surface area (TPSA) is 88.2 Å². The average molecular weight is 281 g/mol. The molecule has 1 aliphatic carbocycles. The Balaban J connectivity index is 1.66. The number of aliphatic hydroxyl groups excluding tert-OH is 1. The van der Waals surface area contributed by atoms with Gasteiger partial charge in [0.15, 0.2) is 5.82 Å². The summed E-state index contributed by atoms with van der Waals surface area (Å²) < 4.78 is 5.11. The van der Waals surface area contributed by atoms with Gasteiger partial charge in [0.05, 0.1) is 6.10 Å². The third-order valence-electron chi connectivity index (χ3n) is 3.80. The van der Waals surface area contributed by atoms with Crippen molar-refractivity contribution in [3.63, 3.8) is 0 Å². The van der Waals surface area contributed by atoms with Crippen LogP contribution < -0.4 is 5.32 Å². The smallest absolute Gasteiger partial charge is 0.227 e. The van der Waals surface area contributed by atoms with Crippen LogP contribution in [-0.2, 0) is 11.2 Å². The molecule has 0 aliphatic heterocycles. The number of nitrogens with zero attached hydrogens (tertiary/aromatic N) is 2. The first-order valence-corrected chi connectivity index (χ1v) is 7.37. The summed E-state index contributed by atoms with van der Waals surface area (Å²) in [6.07, 6.45) is 3.42. The zero-order valence-electron chi connectivity index (χ0n) is 12.1. The zero-order valence-corrected chi connectivity index (χ0v) is 12.1. The van der Waals surface area contributed by atoms with Crippen molar-refractivity contribution in [2.24, 2.45) is 5.92 Å². The van der Waals surface area contributed by atoms with Crippen LogP contribution in [0.25, 0.3) is 0 Å². The summed E-state index contributed by atoms with van der Waals surface area (Å²) in [6.45, 7) is 4.28. The predicted octanol–water partition coefficient (Wildman–Crippen LogP) is 1.40. The second-order valence-electron chi connectivity index (χ2n) is 5.58. The Morgan fingerprint density at radius 1 is 1.55 bits per heavy atom. The highest BCUT2D eigenvalue weighted by atomic mass is 16.5. The maximum Gasteiger partial charge on any atom is 0.227 e. The highest BCUT2D eigenvalue weighted by Gasteiger charge is 2.28. The molecule has 1 saturated carbocycles. The Hall–Kier alpha value is -1.43. The lowest BCUT2D eigenvalue weighted by Crippen LogP contribution is -2.35. The van der Waals surface area contributed by atoms with Crippen molar-refractivity contribution < 1.29 is 14.4 Å². The number of hydrogen-bond acceptors (Lipinski definition) is 5. The van der Waals surface area contributed by atoms with Crippen LogP contribution in [0.4, 0.5) is 0 Å². The van der Waals surface area contributed by atoms with E-state index in [-0.39, 0.29) is 11.8 Å². The number of rotatable bonds is 8. The van der Waals surface area contributed by atoms with E-state index in [9.17, 15) is 9.90 Å². The highest BCUT2D eigenvalue weighted by molar-refractivity contribution is 5.76. The van der Waals surface area contributed by atoms with Gasteiger partial charge in [-0.2, -0.15) is 4.98 Å². The lowest BCUT2D eigenvalue weighted by Gasteiger charge is -2.17. The third kappa shape index (κ3) is 4.30. The Kier molecular flexibility index (Phi) is 5.11. The molecule has 0 saturated heterocycles. The van der Waals surface area contributed by atoms with Crippen LogP contribution in [0.3, 0.4) is 0 Å². The Morgan fingerprint density at radius 3 is 2.95 bits per heavy atom. The van der Waals surface area contributed by atoms with Gasteiger partial charge in [-0.25, -0.2) is 0 Å². The van der Waals surface area contributed by atoms with E-state index in [1.165, 1.54) is 0 Å². The summed E-state index contributed by atoms with van der Waals surface area (Å²) in [4.78, 5) is 15.9. The van der Waals surface area contributed by atoms with E-state index in [1.54, 1.807) is 0 Å². The van der Waals surface area contributed by atoms with Gasteiger partial charge in [-0.3, -0.25) is 4.79 Å². The minimum atomic E-state index is -0.492. The van der Waals surface area contributed by atoms with E-state index < -0.39 is 6.10 Å². The molecule has 1 fully saturated rings. The standard InChI is InChI=1S/C14H23N3O3/c1-3-9(2)11(18)8-15-12(19)6-7-13-16-14(17-20-13)10-4-5-10/h9-11,18H,3-8H2,1-2H3,(H,15,19). The van der Waals surface area contributed by atoms with Crippen molar-refractivity contribution in [3.05, 3.63) is 11.7 Å². The first-order chi connectivity index (χ1) is 9.60. The number of aliphatic hydroxyl groups is 1. The number of aryl methyl sites for hydroxylation is 1. The molecular weight excluding hydrogens is 258 g/mol. The van der Waals surface area contributed by atoms with E-state index >= 15 is 0 Å². The molecule has 2 atom stereocenters. The molecule has 0 radical (unpaired) electrons. The van der Waals surface area contributed by atoms with Gasteiger partial charge in [0.2, 0.25) is 11.8 Å². The molecule has 2 N–H and O–H groups in total. The molecule has 112 valence electrons. The Morgan fingerprint density at radius 2 is 2.30 bits per heavy atom. The quantitative estimate of drug-likeness (QED) is 0.752. The number of aromatic nitrogens is 2. The lowest BCUT2D eigenvalue weighted by atomic mass is 10.0. The summed E-state index contributed by atoms with van der Waals surface area (Å²) in [5.74, 6) is 1.84. The second-order valence-corrected chi connectivity index (χ2v) is 5.58. The van der Waals surface area contributed by atoms with E-state index in [4.69, 9.17) is 4.52 Å². The molecule has 20 heavy (non-hydrogen) atoms. The van der Waals surface area contributed by atoms with Crippen molar-refractivity contribution in [1.82, 2.24) is 15.5 Å². The average Bonchev–Trinajstić information content (AvgIpc) is 3.20. The molecule has 1 heterocycles. The van der Waals surface area contributed by atoms with Crippen molar-refractivity contribution in [2.45, 2.75) is 58.0 Å². The summed E-state index contributed by atoms with van der Waals surface area (Å²) in [5.41, 5.74) is 0. The van der Waals surface area contributed by atoms with Crippen molar-refractivity contribution >= 4 is 5.91 Å². The molecule has 0 spiro atoms. The summed E-state index contributed by atoms with van der Waals surface area (Å²) >= 11 is 0. The van der Waals surface area contributed by atoms with Gasteiger partial charge in [-0.05, 0) is 18.8 Å². The lowest BCUT2D eigenvalue weighted by molar-refractivity contribution is -0.121. The predicted molar refractivity (Wildman–Crippen MR) is 73.1 cm³/mol. The third-order valence-corrected chi connectivity index (χ3v) is 3.80. The molecular formula is C14H23N3O3. The van der Waals surface area contributed by atoms with Crippen LogP contribution >= 0.6 is 0 Å². The fraction of sp³-hybridized carbons (Fsp3) is 0.786. The maximum absolute atomic E-state index is 11.7. The molecule has 6 heteroatoms. The first-order valence-electron chi connectivity index (χ1n) is 7.37. The minimum Gasteiger partial charge on any atom is -0.391 e. The zero-order chi connectivity index (χ0) is 14.5. The monoisotopic (exact) mass is 281 g/mol. The van der Waals surface area contributed by atoms with Crippen molar-refractivity contribution in [2.75, 3.05) is 6.54 Å². The first kappa shape index (κ1) is 15.0. The highest BCUT2D eigenvalue weighted by Crippen LogP contribution is 2.38. The van der Waals surface area contributed by atoms with Gasteiger partial charge in [0, 0.05) is 25.3 Å². The van der Waals surface area contributed by atoms with Crippen LogP contribution in [-0.4, -0.2) is 33.8 Å². The summed E-state index contributed by atoms with van der Waals surface area (Å²) in [6, 6.07) is 0. The van der Waals surface area contributed by atoms with Gasteiger partial charge < -0.3 is 14.9 Å². The normalized spacial score (nSPS) is 17.8. The van der Waals surface area contributed by atoms with Gasteiger partial charge in [-0.15, -0.1) is 0 Å². The SMILES string of the molecule is CCC(C)C(O)CNC(=O)CCc1nc(C2CC2)no1. The fourth-order valence-corrected chi connectivity index (χ4v) is 1.88. The maximum atomic E-state index is 11.7. The van der Waals surface area contributed by atoms with Crippen LogP contribution in [0.1, 0.15) is 57.2 Å². The number of carbonyl (C=O) groups is 1.